The maximum atomic E-state index is 13.0. The molecule has 1 amide bonds. The molecule has 126 valence electrons. The van der Waals surface area contributed by atoms with Gasteiger partial charge in [-0.1, -0.05) is 12.8 Å². The molecule has 6 nitrogen and oxygen atoms in total. The van der Waals surface area contributed by atoms with E-state index in [0.717, 1.165) is 50.8 Å². The van der Waals surface area contributed by atoms with Crippen LogP contribution in [-0.2, 0) is 0 Å². The number of anilines is 1. The lowest BCUT2D eigenvalue weighted by atomic mass is 9.80. The van der Waals surface area contributed by atoms with Crippen LogP contribution in [0.3, 0.4) is 0 Å². The summed E-state index contributed by atoms with van der Waals surface area (Å²) in [7, 11) is 1.75. The fourth-order valence-corrected chi connectivity index (χ4v) is 4.02. The Bertz CT molecular complexity index is 578. The van der Waals surface area contributed by atoms with Gasteiger partial charge in [-0.25, -0.2) is 9.97 Å². The van der Waals surface area contributed by atoms with Crippen molar-refractivity contribution in [2.24, 2.45) is 5.92 Å². The van der Waals surface area contributed by atoms with E-state index in [9.17, 15) is 9.90 Å². The van der Waals surface area contributed by atoms with Crippen molar-refractivity contribution in [3.8, 4) is 0 Å². The molecule has 0 spiro atoms. The van der Waals surface area contributed by atoms with Gasteiger partial charge in [0.15, 0.2) is 0 Å². The van der Waals surface area contributed by atoms with Gasteiger partial charge in [-0.3, -0.25) is 4.79 Å². The van der Waals surface area contributed by atoms with Gasteiger partial charge in [0, 0.05) is 31.2 Å². The fourth-order valence-electron chi connectivity index (χ4n) is 4.02. The van der Waals surface area contributed by atoms with Crippen LogP contribution < -0.4 is 5.32 Å². The fraction of sp³-hybridized carbons (Fsp3) is 0.706. The molecule has 3 rings (SSSR count). The summed E-state index contributed by atoms with van der Waals surface area (Å²) in [4.78, 5) is 23.5. The van der Waals surface area contributed by atoms with Crippen molar-refractivity contribution in [3.05, 3.63) is 17.5 Å². The first kappa shape index (κ1) is 16.2. The molecule has 6 heteroatoms. The summed E-state index contributed by atoms with van der Waals surface area (Å²) in [5.41, 5.74) is 1.22. The number of hydrogen-bond acceptors (Lipinski definition) is 5. The Morgan fingerprint density at radius 1 is 1.26 bits per heavy atom. The summed E-state index contributed by atoms with van der Waals surface area (Å²) < 4.78 is 0. The smallest absolute Gasteiger partial charge is 0.272 e. The number of aryl methyl sites for hydroxylation is 1. The van der Waals surface area contributed by atoms with Crippen LogP contribution in [0.4, 0.5) is 5.95 Å². The second-order valence-electron chi connectivity index (χ2n) is 6.69. The Morgan fingerprint density at radius 3 is 2.78 bits per heavy atom. The highest BCUT2D eigenvalue weighted by Crippen LogP contribution is 2.35. The average Bonchev–Trinajstić information content (AvgIpc) is 3.03. The van der Waals surface area contributed by atoms with Crippen LogP contribution in [0.2, 0.25) is 0 Å². The van der Waals surface area contributed by atoms with Gasteiger partial charge < -0.3 is 15.3 Å². The third-order valence-electron chi connectivity index (χ3n) is 5.13. The minimum absolute atomic E-state index is 0.0349. The third kappa shape index (κ3) is 3.32. The molecule has 0 radical (unpaired) electrons. The largest absolute Gasteiger partial charge is 0.393 e. The van der Waals surface area contributed by atoms with Crippen molar-refractivity contribution in [2.45, 2.75) is 57.6 Å². The highest BCUT2D eigenvalue weighted by atomic mass is 16.3. The molecule has 0 bridgehead atoms. The van der Waals surface area contributed by atoms with Crippen LogP contribution in [-0.4, -0.2) is 51.6 Å². The number of aliphatic hydroxyl groups excluding tert-OH is 1. The van der Waals surface area contributed by atoms with E-state index in [-0.39, 0.29) is 24.0 Å². The molecule has 1 aromatic heterocycles. The summed E-state index contributed by atoms with van der Waals surface area (Å²) in [5, 5.41) is 13.3. The Labute approximate surface area is 137 Å². The first-order chi connectivity index (χ1) is 11.1. The Hall–Kier alpha value is -1.69. The molecule has 1 saturated carbocycles. The van der Waals surface area contributed by atoms with Crippen LogP contribution in [0, 0.1) is 12.8 Å². The van der Waals surface area contributed by atoms with Gasteiger partial charge in [0.05, 0.1) is 6.10 Å². The van der Waals surface area contributed by atoms with Crippen molar-refractivity contribution in [2.75, 3.05) is 18.9 Å². The van der Waals surface area contributed by atoms with Crippen LogP contribution in [0.1, 0.15) is 54.7 Å². The highest BCUT2D eigenvalue weighted by Gasteiger charge is 2.39. The lowest BCUT2D eigenvalue weighted by Gasteiger charge is -2.37. The Kier molecular flexibility index (Phi) is 4.80. The summed E-state index contributed by atoms with van der Waals surface area (Å²) >= 11 is 0. The van der Waals surface area contributed by atoms with Crippen molar-refractivity contribution >= 4 is 11.9 Å². The van der Waals surface area contributed by atoms with Crippen LogP contribution in [0.25, 0.3) is 0 Å². The number of nitrogens with one attached hydrogen (secondary N) is 1. The normalized spacial score (nSPS) is 28.0. The molecule has 23 heavy (non-hydrogen) atoms. The summed E-state index contributed by atoms with van der Waals surface area (Å²) in [6.45, 7) is 2.62. The summed E-state index contributed by atoms with van der Waals surface area (Å²) in [6, 6.07) is 1.89. The zero-order chi connectivity index (χ0) is 16.4. The number of carbonyl (C=O) groups is 1. The van der Waals surface area contributed by atoms with E-state index in [1.165, 1.54) is 0 Å². The maximum Gasteiger partial charge on any atom is 0.272 e. The molecule has 1 aromatic rings. The van der Waals surface area contributed by atoms with Gasteiger partial charge in [-0.2, -0.15) is 0 Å². The SMILES string of the molecule is CNc1nc(C)cc(C(=O)N2CCC[C@@H]2[C@H]2CCCC[C@H]2O)n1. The van der Waals surface area contributed by atoms with Crippen molar-refractivity contribution in [1.29, 1.82) is 0 Å². The number of nitrogens with zero attached hydrogens (tertiary/aromatic N) is 3. The number of hydrogen-bond donors (Lipinski definition) is 2. The molecule has 2 heterocycles. The second kappa shape index (κ2) is 6.83. The van der Waals surface area contributed by atoms with Crippen LogP contribution in [0.15, 0.2) is 6.07 Å². The molecule has 2 aliphatic rings. The second-order valence-corrected chi connectivity index (χ2v) is 6.69. The molecule has 1 aliphatic carbocycles. The first-order valence-electron chi connectivity index (χ1n) is 8.62. The topological polar surface area (TPSA) is 78.4 Å². The summed E-state index contributed by atoms with van der Waals surface area (Å²) in [5.74, 6) is 0.649. The number of aliphatic hydroxyl groups is 1. The average molecular weight is 318 g/mol. The molecule has 1 aliphatic heterocycles. The van der Waals surface area contributed by atoms with E-state index < -0.39 is 0 Å². The van der Waals surface area contributed by atoms with Gasteiger partial charge in [0.1, 0.15) is 5.69 Å². The molecular formula is C17H26N4O2. The van der Waals surface area contributed by atoms with Gasteiger partial charge in [0.25, 0.3) is 5.91 Å². The number of likely N-dealkylation sites (tertiary alicyclic amines) is 1. The van der Waals surface area contributed by atoms with Crippen LogP contribution >= 0.6 is 0 Å². The predicted octanol–water partition coefficient (Wildman–Crippen LogP) is 1.98. The zero-order valence-corrected chi connectivity index (χ0v) is 14.0. The van der Waals surface area contributed by atoms with Gasteiger partial charge in [0.2, 0.25) is 5.95 Å². The molecule has 3 atom stereocenters. The lowest BCUT2D eigenvalue weighted by Crippen LogP contribution is -2.45. The van der Waals surface area contributed by atoms with Gasteiger partial charge >= 0.3 is 0 Å². The highest BCUT2D eigenvalue weighted by molar-refractivity contribution is 5.93. The molecular weight excluding hydrogens is 292 g/mol. The molecule has 1 saturated heterocycles. The number of aromatic nitrogens is 2. The third-order valence-corrected chi connectivity index (χ3v) is 5.13. The first-order valence-corrected chi connectivity index (χ1v) is 8.62. The monoisotopic (exact) mass is 318 g/mol. The minimum atomic E-state index is -0.276. The lowest BCUT2D eigenvalue weighted by molar-refractivity contribution is 0.0209. The van der Waals surface area contributed by atoms with Gasteiger partial charge in [-0.15, -0.1) is 0 Å². The number of amides is 1. The van der Waals surface area contributed by atoms with E-state index in [2.05, 4.69) is 15.3 Å². The van der Waals surface area contributed by atoms with Crippen molar-refractivity contribution < 1.29 is 9.90 Å². The molecule has 2 N–H and O–H groups in total. The number of rotatable bonds is 3. The van der Waals surface area contributed by atoms with E-state index in [0.29, 0.717) is 11.6 Å². The van der Waals surface area contributed by atoms with E-state index in [1.54, 1.807) is 13.1 Å². The van der Waals surface area contributed by atoms with E-state index >= 15 is 0 Å². The maximum absolute atomic E-state index is 13.0. The standard InChI is InChI=1S/C17H26N4O2/c1-11-10-13(20-17(18-2)19-11)16(23)21-9-5-7-14(21)12-6-3-4-8-15(12)22/h10,12,14-15,22H,3-9H2,1-2H3,(H,18,19,20)/t12-,14-,15-/m1/s1. The zero-order valence-electron chi connectivity index (χ0n) is 14.0. The van der Waals surface area contributed by atoms with Crippen molar-refractivity contribution in [1.82, 2.24) is 14.9 Å². The van der Waals surface area contributed by atoms with Gasteiger partial charge in [-0.05, 0) is 38.7 Å². The molecule has 2 fully saturated rings. The van der Waals surface area contributed by atoms with Crippen LogP contribution in [0.5, 0.6) is 0 Å². The minimum Gasteiger partial charge on any atom is -0.393 e. The molecule has 0 aromatic carbocycles. The van der Waals surface area contributed by atoms with E-state index in [1.807, 2.05) is 11.8 Å². The Balaban J connectivity index is 1.81. The predicted molar refractivity (Wildman–Crippen MR) is 88.3 cm³/mol. The quantitative estimate of drug-likeness (QED) is 0.891. The molecule has 0 unspecified atom stereocenters. The summed E-state index contributed by atoms with van der Waals surface area (Å²) in [6.07, 6.45) is 5.83. The number of carbonyl (C=O) groups excluding carboxylic acids is 1. The van der Waals surface area contributed by atoms with Crippen molar-refractivity contribution in [3.63, 3.8) is 0 Å². The Morgan fingerprint density at radius 2 is 2.04 bits per heavy atom. The van der Waals surface area contributed by atoms with E-state index in [4.69, 9.17) is 0 Å².